The number of hydrogen-bond acceptors (Lipinski definition) is 3. The van der Waals surface area contributed by atoms with Crippen LogP contribution in [0, 0.1) is 6.92 Å². The average Bonchev–Trinajstić information content (AvgIpc) is 2.43. The predicted molar refractivity (Wildman–Crippen MR) is 52.8 cm³/mol. The van der Waals surface area contributed by atoms with Crippen molar-refractivity contribution in [2.45, 2.75) is 6.92 Å². The summed E-state index contributed by atoms with van der Waals surface area (Å²) in [6, 6.07) is 2.08. The Morgan fingerprint density at radius 3 is 2.85 bits per heavy atom. The van der Waals surface area contributed by atoms with Crippen LogP contribution in [0.25, 0.3) is 11.0 Å². The Morgan fingerprint density at radius 2 is 2.15 bits per heavy atom. The second-order valence-electron chi connectivity index (χ2n) is 3.05. The van der Waals surface area contributed by atoms with Crippen LogP contribution in [0.15, 0.2) is 12.4 Å². The molecule has 0 aliphatic heterocycles. The minimum Gasteiger partial charge on any atom is -0.372 e. The molecular weight excluding hydrogens is 164 g/mol. The van der Waals surface area contributed by atoms with Crippen LogP contribution in [0.1, 0.15) is 5.69 Å². The van der Waals surface area contributed by atoms with E-state index < -0.39 is 0 Å². The largest absolute Gasteiger partial charge is 0.372 e. The summed E-state index contributed by atoms with van der Waals surface area (Å²) in [6.07, 6.45) is 1.58. The maximum absolute atomic E-state index is 4.22. The van der Waals surface area contributed by atoms with E-state index in [0.717, 1.165) is 16.9 Å². The monoisotopic (exact) mass is 176 g/mol. The van der Waals surface area contributed by atoms with Crippen LogP contribution in [-0.4, -0.2) is 21.6 Å². The van der Waals surface area contributed by atoms with Crippen molar-refractivity contribution in [1.29, 1.82) is 0 Å². The molecule has 4 nitrogen and oxygen atoms in total. The lowest BCUT2D eigenvalue weighted by Crippen LogP contribution is -1.96. The smallest absolute Gasteiger partial charge is 0.145 e. The summed E-state index contributed by atoms with van der Waals surface area (Å²) in [5, 5.41) is 4.12. The van der Waals surface area contributed by atoms with Crippen LogP contribution in [0.4, 0.5) is 5.82 Å². The Morgan fingerprint density at radius 1 is 1.38 bits per heavy atom. The molecule has 0 bridgehead atoms. The Labute approximate surface area is 76.6 Å². The lowest BCUT2D eigenvalue weighted by atomic mass is 10.3. The summed E-state index contributed by atoms with van der Waals surface area (Å²) in [5.74, 6) is 0.883. The molecular formula is C9H12N4. The van der Waals surface area contributed by atoms with Crippen molar-refractivity contribution in [3.63, 3.8) is 0 Å². The first kappa shape index (κ1) is 8.04. The van der Waals surface area contributed by atoms with Crippen molar-refractivity contribution < 1.29 is 0 Å². The summed E-state index contributed by atoms with van der Waals surface area (Å²) in [7, 11) is 3.87. The molecule has 0 spiro atoms. The van der Waals surface area contributed by atoms with Crippen LogP contribution in [0.2, 0.25) is 0 Å². The topological polar surface area (TPSA) is 42.7 Å². The normalized spacial score (nSPS) is 10.7. The van der Waals surface area contributed by atoms with Crippen molar-refractivity contribution >= 4 is 16.9 Å². The molecule has 2 heterocycles. The summed E-state index contributed by atoms with van der Waals surface area (Å²) >= 11 is 0. The third-order valence-electron chi connectivity index (χ3n) is 2.30. The van der Waals surface area contributed by atoms with Gasteiger partial charge in [-0.05, 0) is 13.0 Å². The summed E-state index contributed by atoms with van der Waals surface area (Å²) in [4.78, 5) is 8.37. The SMILES string of the molecule is CNc1ncnc2c1cc(C)n2C. The lowest BCUT2D eigenvalue weighted by molar-refractivity contribution is 0.899. The fourth-order valence-electron chi connectivity index (χ4n) is 1.46. The number of aryl methyl sites for hydroxylation is 2. The number of nitrogens with zero attached hydrogens (tertiary/aromatic N) is 3. The minimum atomic E-state index is 0.883. The van der Waals surface area contributed by atoms with E-state index in [-0.39, 0.29) is 0 Å². The zero-order chi connectivity index (χ0) is 9.42. The van der Waals surface area contributed by atoms with Gasteiger partial charge in [0, 0.05) is 19.8 Å². The van der Waals surface area contributed by atoms with Crippen LogP contribution in [-0.2, 0) is 7.05 Å². The Balaban J connectivity index is 2.84. The standard InChI is InChI=1S/C9H12N4/c1-6-4-7-8(10-2)11-5-12-9(7)13(6)3/h4-5H,1-3H3,(H,10,11,12). The molecule has 0 aliphatic carbocycles. The fourth-order valence-corrected chi connectivity index (χ4v) is 1.46. The molecule has 68 valence electrons. The van der Waals surface area contributed by atoms with E-state index in [1.54, 1.807) is 6.33 Å². The number of hydrogen-bond donors (Lipinski definition) is 1. The molecule has 0 saturated carbocycles. The van der Waals surface area contributed by atoms with E-state index in [2.05, 4.69) is 32.8 Å². The van der Waals surface area contributed by atoms with E-state index in [1.807, 2.05) is 14.1 Å². The van der Waals surface area contributed by atoms with Crippen molar-refractivity contribution in [1.82, 2.24) is 14.5 Å². The van der Waals surface area contributed by atoms with Crippen LogP contribution in [0.5, 0.6) is 0 Å². The Hall–Kier alpha value is -1.58. The van der Waals surface area contributed by atoms with Gasteiger partial charge < -0.3 is 9.88 Å². The van der Waals surface area contributed by atoms with Crippen molar-refractivity contribution in [3.05, 3.63) is 18.1 Å². The van der Waals surface area contributed by atoms with Crippen molar-refractivity contribution in [3.8, 4) is 0 Å². The Bertz CT molecular complexity index is 444. The number of fused-ring (bicyclic) bond motifs is 1. The van der Waals surface area contributed by atoms with Crippen molar-refractivity contribution in [2.24, 2.45) is 7.05 Å². The van der Waals surface area contributed by atoms with Gasteiger partial charge in [-0.15, -0.1) is 0 Å². The average molecular weight is 176 g/mol. The lowest BCUT2D eigenvalue weighted by Gasteiger charge is -2.00. The summed E-state index contributed by atoms with van der Waals surface area (Å²) in [5.41, 5.74) is 2.16. The van der Waals surface area contributed by atoms with Gasteiger partial charge in [0.15, 0.2) is 0 Å². The molecule has 0 atom stereocenters. The molecule has 0 aliphatic rings. The predicted octanol–water partition coefficient (Wildman–Crippen LogP) is 1.32. The highest BCUT2D eigenvalue weighted by Gasteiger charge is 2.07. The molecule has 1 N–H and O–H groups in total. The molecule has 2 aromatic rings. The molecule has 0 amide bonds. The minimum absolute atomic E-state index is 0.883. The zero-order valence-electron chi connectivity index (χ0n) is 8.00. The quantitative estimate of drug-likeness (QED) is 0.712. The number of anilines is 1. The van der Waals surface area contributed by atoms with E-state index in [1.165, 1.54) is 5.69 Å². The second kappa shape index (κ2) is 2.73. The third-order valence-corrected chi connectivity index (χ3v) is 2.30. The number of nitrogens with one attached hydrogen (secondary N) is 1. The maximum Gasteiger partial charge on any atom is 0.145 e. The molecule has 4 heteroatoms. The van der Waals surface area contributed by atoms with Crippen LogP contribution < -0.4 is 5.32 Å². The van der Waals surface area contributed by atoms with Crippen molar-refractivity contribution in [2.75, 3.05) is 12.4 Å². The van der Waals surface area contributed by atoms with E-state index in [0.29, 0.717) is 0 Å². The van der Waals surface area contributed by atoms with Crippen LogP contribution in [0.3, 0.4) is 0 Å². The van der Waals surface area contributed by atoms with Gasteiger partial charge in [0.05, 0.1) is 5.39 Å². The van der Waals surface area contributed by atoms with Gasteiger partial charge in [0.25, 0.3) is 0 Å². The summed E-state index contributed by atoms with van der Waals surface area (Å²) < 4.78 is 2.05. The molecule has 2 rings (SSSR count). The van der Waals surface area contributed by atoms with Gasteiger partial charge in [0.2, 0.25) is 0 Å². The van der Waals surface area contributed by atoms with Gasteiger partial charge in [-0.2, -0.15) is 0 Å². The fraction of sp³-hybridized carbons (Fsp3) is 0.333. The Kier molecular flexibility index (Phi) is 1.69. The van der Waals surface area contributed by atoms with E-state index >= 15 is 0 Å². The molecule has 2 aromatic heterocycles. The van der Waals surface area contributed by atoms with E-state index in [9.17, 15) is 0 Å². The molecule has 0 aromatic carbocycles. The highest BCUT2D eigenvalue weighted by atomic mass is 15.1. The third kappa shape index (κ3) is 1.06. The molecule has 0 fully saturated rings. The second-order valence-corrected chi connectivity index (χ2v) is 3.05. The first-order valence-electron chi connectivity index (χ1n) is 4.19. The first-order chi connectivity index (χ1) is 6.24. The van der Waals surface area contributed by atoms with Gasteiger partial charge in [-0.1, -0.05) is 0 Å². The highest BCUT2D eigenvalue weighted by Crippen LogP contribution is 2.21. The zero-order valence-corrected chi connectivity index (χ0v) is 8.00. The summed E-state index contributed by atoms with van der Waals surface area (Å²) in [6.45, 7) is 2.06. The van der Waals surface area contributed by atoms with Gasteiger partial charge in [-0.25, -0.2) is 9.97 Å². The molecule has 13 heavy (non-hydrogen) atoms. The van der Waals surface area contributed by atoms with Gasteiger partial charge in [0.1, 0.15) is 17.8 Å². The molecule has 0 unspecified atom stereocenters. The maximum atomic E-state index is 4.22. The molecule has 0 saturated heterocycles. The number of aromatic nitrogens is 3. The van der Waals surface area contributed by atoms with E-state index in [4.69, 9.17) is 0 Å². The van der Waals surface area contributed by atoms with Gasteiger partial charge >= 0.3 is 0 Å². The van der Waals surface area contributed by atoms with Gasteiger partial charge in [-0.3, -0.25) is 0 Å². The number of rotatable bonds is 1. The first-order valence-corrected chi connectivity index (χ1v) is 4.19. The highest BCUT2D eigenvalue weighted by molar-refractivity contribution is 5.87. The van der Waals surface area contributed by atoms with Crippen LogP contribution >= 0.6 is 0 Å². The molecule has 0 radical (unpaired) electrons.